The Balaban J connectivity index is 1.93. The van der Waals surface area contributed by atoms with Crippen LogP contribution in [0.15, 0.2) is 67.3 Å². The predicted octanol–water partition coefficient (Wildman–Crippen LogP) is 2.67. The molecule has 3 N–H and O–H groups in total. The highest BCUT2D eigenvalue weighted by Crippen LogP contribution is 2.18. The molecule has 0 bridgehead atoms. The zero-order chi connectivity index (χ0) is 15.8. The second kappa shape index (κ2) is 7.64. The average molecular weight is 295 g/mol. The first-order valence-corrected chi connectivity index (χ1v) is 6.81. The van der Waals surface area contributed by atoms with Crippen LogP contribution in [0.1, 0.15) is 0 Å². The van der Waals surface area contributed by atoms with Crippen LogP contribution in [-0.2, 0) is 9.59 Å². The smallest absolute Gasteiger partial charge is 0.313 e. The van der Waals surface area contributed by atoms with Gasteiger partial charge in [-0.3, -0.25) is 9.59 Å². The third-order valence-corrected chi connectivity index (χ3v) is 2.82. The highest BCUT2D eigenvalue weighted by Gasteiger charge is 2.12. The molecular weight excluding hydrogens is 278 g/mol. The number of nitrogens with one attached hydrogen (secondary N) is 3. The monoisotopic (exact) mass is 295 g/mol. The second-order valence-corrected chi connectivity index (χ2v) is 4.52. The van der Waals surface area contributed by atoms with Gasteiger partial charge in [0.05, 0.1) is 0 Å². The minimum Gasteiger partial charge on any atom is -0.356 e. The molecule has 0 saturated carbocycles. The molecule has 2 amide bonds. The molecule has 0 heterocycles. The zero-order valence-electron chi connectivity index (χ0n) is 12.0. The second-order valence-electron chi connectivity index (χ2n) is 4.52. The van der Waals surface area contributed by atoms with Crippen LogP contribution >= 0.6 is 0 Å². The Morgan fingerprint density at radius 2 is 1.45 bits per heavy atom. The molecule has 0 radical (unpaired) electrons. The maximum Gasteiger partial charge on any atom is 0.313 e. The third kappa shape index (κ3) is 4.49. The molecule has 2 aromatic rings. The van der Waals surface area contributed by atoms with E-state index in [1.807, 2.05) is 42.5 Å². The van der Waals surface area contributed by atoms with E-state index < -0.39 is 11.8 Å². The lowest BCUT2D eigenvalue weighted by molar-refractivity contribution is -0.136. The van der Waals surface area contributed by atoms with Crippen molar-refractivity contribution in [2.45, 2.75) is 0 Å². The quantitative estimate of drug-likeness (QED) is 0.586. The van der Waals surface area contributed by atoms with E-state index in [0.717, 1.165) is 11.4 Å². The largest absolute Gasteiger partial charge is 0.356 e. The van der Waals surface area contributed by atoms with Gasteiger partial charge in [-0.2, -0.15) is 0 Å². The Morgan fingerprint density at radius 1 is 0.864 bits per heavy atom. The molecule has 112 valence electrons. The predicted molar refractivity (Wildman–Crippen MR) is 88.0 cm³/mol. The molecule has 22 heavy (non-hydrogen) atoms. The van der Waals surface area contributed by atoms with Crippen molar-refractivity contribution in [2.75, 3.05) is 17.2 Å². The highest BCUT2D eigenvalue weighted by molar-refractivity contribution is 6.39. The summed E-state index contributed by atoms with van der Waals surface area (Å²) in [5, 5.41) is 8.18. The Kier molecular flexibility index (Phi) is 5.31. The Labute approximate surface area is 129 Å². The molecule has 0 aliphatic carbocycles. The number of benzene rings is 2. The standard InChI is InChI=1S/C17H17N3O2/c1-2-12-18-16(21)17(22)20-15-10-8-14(9-11-15)19-13-6-4-3-5-7-13/h2-11,19H,1,12H2,(H,18,21)(H,20,22). The van der Waals surface area contributed by atoms with Gasteiger partial charge in [0, 0.05) is 23.6 Å². The van der Waals surface area contributed by atoms with Gasteiger partial charge in [0.1, 0.15) is 0 Å². The van der Waals surface area contributed by atoms with E-state index in [4.69, 9.17) is 0 Å². The SMILES string of the molecule is C=CCNC(=O)C(=O)Nc1ccc(Nc2ccccc2)cc1. The number of amides is 2. The Bertz CT molecular complexity index is 651. The Morgan fingerprint density at radius 3 is 2.09 bits per heavy atom. The summed E-state index contributed by atoms with van der Waals surface area (Å²) in [7, 11) is 0. The van der Waals surface area contributed by atoms with Crippen molar-refractivity contribution in [3.8, 4) is 0 Å². The first-order chi connectivity index (χ1) is 10.7. The minimum atomic E-state index is -0.703. The normalized spacial score (nSPS) is 9.64. The number of rotatable bonds is 5. The van der Waals surface area contributed by atoms with Gasteiger partial charge in [0.15, 0.2) is 0 Å². The van der Waals surface area contributed by atoms with Crippen molar-refractivity contribution < 1.29 is 9.59 Å². The van der Waals surface area contributed by atoms with Crippen molar-refractivity contribution in [3.63, 3.8) is 0 Å². The van der Waals surface area contributed by atoms with Crippen molar-refractivity contribution in [3.05, 3.63) is 67.3 Å². The summed E-state index contributed by atoms with van der Waals surface area (Å²) in [5.74, 6) is -1.39. The molecule has 0 aliphatic rings. The van der Waals surface area contributed by atoms with E-state index in [1.54, 1.807) is 12.1 Å². The lowest BCUT2D eigenvalue weighted by Crippen LogP contribution is -2.35. The van der Waals surface area contributed by atoms with E-state index in [9.17, 15) is 9.59 Å². The van der Waals surface area contributed by atoms with Crippen molar-refractivity contribution in [1.29, 1.82) is 0 Å². The van der Waals surface area contributed by atoms with Crippen LogP contribution in [0.4, 0.5) is 17.1 Å². The number of anilines is 3. The van der Waals surface area contributed by atoms with Crippen LogP contribution in [0, 0.1) is 0 Å². The van der Waals surface area contributed by atoms with Gasteiger partial charge in [-0.25, -0.2) is 0 Å². The van der Waals surface area contributed by atoms with Crippen molar-refractivity contribution in [1.82, 2.24) is 5.32 Å². The maximum atomic E-state index is 11.6. The Hall–Kier alpha value is -3.08. The summed E-state index contributed by atoms with van der Waals surface area (Å²) < 4.78 is 0. The van der Waals surface area contributed by atoms with Gasteiger partial charge in [-0.15, -0.1) is 6.58 Å². The van der Waals surface area contributed by atoms with Crippen LogP contribution in [0.3, 0.4) is 0 Å². The first-order valence-electron chi connectivity index (χ1n) is 6.81. The summed E-state index contributed by atoms with van der Waals surface area (Å²) in [4.78, 5) is 23.1. The third-order valence-electron chi connectivity index (χ3n) is 2.82. The lowest BCUT2D eigenvalue weighted by atomic mass is 10.2. The molecular formula is C17H17N3O2. The van der Waals surface area contributed by atoms with Gasteiger partial charge in [-0.05, 0) is 36.4 Å². The van der Waals surface area contributed by atoms with Gasteiger partial charge < -0.3 is 16.0 Å². The molecule has 0 spiro atoms. The fraction of sp³-hybridized carbons (Fsp3) is 0.0588. The van der Waals surface area contributed by atoms with Gasteiger partial charge in [0.2, 0.25) is 0 Å². The first kappa shape index (κ1) is 15.3. The molecule has 0 aromatic heterocycles. The zero-order valence-corrected chi connectivity index (χ0v) is 12.0. The fourth-order valence-electron chi connectivity index (χ4n) is 1.76. The summed E-state index contributed by atoms with van der Waals surface area (Å²) in [6, 6.07) is 16.8. The van der Waals surface area contributed by atoms with E-state index in [2.05, 4.69) is 22.5 Å². The summed E-state index contributed by atoms with van der Waals surface area (Å²) in [6.07, 6.45) is 1.51. The molecule has 0 fully saturated rings. The number of para-hydroxylation sites is 1. The topological polar surface area (TPSA) is 70.2 Å². The average Bonchev–Trinajstić information content (AvgIpc) is 2.55. The molecule has 0 atom stereocenters. The van der Waals surface area contributed by atoms with Gasteiger partial charge in [0.25, 0.3) is 0 Å². The van der Waals surface area contributed by atoms with E-state index >= 15 is 0 Å². The molecule has 5 nitrogen and oxygen atoms in total. The van der Waals surface area contributed by atoms with Gasteiger partial charge >= 0.3 is 11.8 Å². The van der Waals surface area contributed by atoms with Crippen molar-refractivity contribution >= 4 is 28.9 Å². The van der Waals surface area contributed by atoms with Crippen LogP contribution in [0.2, 0.25) is 0 Å². The lowest BCUT2D eigenvalue weighted by Gasteiger charge is -2.08. The summed E-state index contributed by atoms with van der Waals surface area (Å²) >= 11 is 0. The molecule has 2 rings (SSSR count). The maximum absolute atomic E-state index is 11.6. The number of hydrogen-bond acceptors (Lipinski definition) is 3. The van der Waals surface area contributed by atoms with Crippen LogP contribution in [-0.4, -0.2) is 18.4 Å². The molecule has 0 unspecified atom stereocenters. The van der Waals surface area contributed by atoms with Gasteiger partial charge in [-0.1, -0.05) is 24.3 Å². The van der Waals surface area contributed by atoms with Crippen LogP contribution in [0.25, 0.3) is 0 Å². The van der Waals surface area contributed by atoms with Crippen molar-refractivity contribution in [2.24, 2.45) is 0 Å². The molecule has 0 aliphatic heterocycles. The minimum absolute atomic E-state index is 0.256. The van der Waals surface area contributed by atoms with E-state index in [-0.39, 0.29) is 6.54 Å². The highest BCUT2D eigenvalue weighted by atomic mass is 16.2. The number of carbonyl (C=O) groups is 2. The van der Waals surface area contributed by atoms with Crippen LogP contribution < -0.4 is 16.0 Å². The molecule has 0 saturated heterocycles. The van der Waals surface area contributed by atoms with E-state index in [1.165, 1.54) is 6.08 Å². The fourth-order valence-corrected chi connectivity index (χ4v) is 1.76. The van der Waals surface area contributed by atoms with Crippen LogP contribution in [0.5, 0.6) is 0 Å². The summed E-state index contributed by atoms with van der Waals surface area (Å²) in [5.41, 5.74) is 2.42. The van der Waals surface area contributed by atoms with E-state index in [0.29, 0.717) is 5.69 Å². The molecule has 2 aromatic carbocycles. The summed E-state index contributed by atoms with van der Waals surface area (Å²) in [6.45, 7) is 3.72. The number of carbonyl (C=O) groups excluding carboxylic acids is 2. The number of hydrogen-bond donors (Lipinski definition) is 3. The molecule has 5 heteroatoms.